The van der Waals surface area contributed by atoms with E-state index in [4.69, 9.17) is 9.47 Å². The molecular weight excluding hydrogens is 422 g/mol. The maximum absolute atomic E-state index is 13.0. The van der Waals surface area contributed by atoms with Gasteiger partial charge in [-0.2, -0.15) is 5.26 Å². The fourth-order valence-electron chi connectivity index (χ4n) is 3.23. The van der Waals surface area contributed by atoms with Crippen LogP contribution in [0.3, 0.4) is 0 Å². The first-order valence-electron chi connectivity index (χ1n) is 9.84. The largest absolute Gasteiger partial charge is 0.385 e. The number of aryl methyl sites for hydroxylation is 1. The van der Waals surface area contributed by atoms with Crippen molar-refractivity contribution in [3.63, 3.8) is 0 Å². The number of ether oxygens (including phenoxy) is 2. The lowest BCUT2D eigenvalue weighted by Crippen LogP contribution is -2.37. The molecule has 0 aromatic carbocycles. The molecule has 30 heavy (non-hydrogen) atoms. The van der Waals surface area contributed by atoms with Gasteiger partial charge in [-0.15, -0.1) is 22.7 Å². The van der Waals surface area contributed by atoms with E-state index in [1.807, 2.05) is 31.2 Å². The first-order chi connectivity index (χ1) is 14.5. The number of carbonyl (C=O) groups excluding carboxylic acids is 1. The summed E-state index contributed by atoms with van der Waals surface area (Å²) in [7, 11) is 1.60. The monoisotopic (exact) mass is 447 g/mol. The van der Waals surface area contributed by atoms with Crippen LogP contribution in [0.25, 0.3) is 11.6 Å². The average Bonchev–Trinajstić information content (AvgIpc) is 3.45. The normalized spacial score (nSPS) is 17.8. The summed E-state index contributed by atoms with van der Waals surface area (Å²) in [6, 6.07) is 5.95. The van der Waals surface area contributed by atoms with Crippen molar-refractivity contribution in [3.05, 3.63) is 41.4 Å². The SMILES string of the molecule is COCCCn1c(=O)/c(=C\c2ccc(C)s2)s/c1=C(/C#N)C(=O)NCC1CCCO1. The topological polar surface area (TPSA) is 93.4 Å². The molecule has 1 N–H and O–H groups in total. The highest BCUT2D eigenvalue weighted by atomic mass is 32.1. The number of hydrogen-bond acceptors (Lipinski definition) is 7. The summed E-state index contributed by atoms with van der Waals surface area (Å²) < 4.78 is 13.0. The molecule has 1 aliphatic heterocycles. The van der Waals surface area contributed by atoms with Crippen molar-refractivity contribution in [2.45, 2.75) is 38.8 Å². The Labute approximate surface area is 182 Å². The molecule has 2 aromatic rings. The molecule has 3 rings (SSSR count). The fourth-order valence-corrected chi connectivity index (χ4v) is 5.24. The second-order valence-corrected chi connectivity index (χ2v) is 9.35. The zero-order chi connectivity index (χ0) is 21.5. The lowest BCUT2D eigenvalue weighted by Gasteiger charge is -2.10. The predicted octanol–water partition coefficient (Wildman–Crippen LogP) is 1.11. The molecule has 9 heteroatoms. The Morgan fingerprint density at radius 2 is 2.30 bits per heavy atom. The molecule has 1 aliphatic rings. The first-order valence-corrected chi connectivity index (χ1v) is 11.5. The maximum Gasteiger partial charge on any atom is 0.269 e. The third-order valence-electron chi connectivity index (χ3n) is 4.74. The van der Waals surface area contributed by atoms with Gasteiger partial charge in [0.15, 0.2) is 5.57 Å². The second-order valence-electron chi connectivity index (χ2n) is 7.00. The van der Waals surface area contributed by atoms with Crippen LogP contribution in [0, 0.1) is 18.3 Å². The number of nitrogens with one attached hydrogen (secondary N) is 1. The van der Waals surface area contributed by atoms with E-state index in [-0.39, 0.29) is 17.2 Å². The Kier molecular flexibility index (Phi) is 7.99. The minimum Gasteiger partial charge on any atom is -0.385 e. The van der Waals surface area contributed by atoms with Gasteiger partial charge in [0.2, 0.25) is 0 Å². The zero-order valence-electron chi connectivity index (χ0n) is 17.1. The van der Waals surface area contributed by atoms with Crippen molar-refractivity contribution in [1.29, 1.82) is 5.26 Å². The second kappa shape index (κ2) is 10.7. The van der Waals surface area contributed by atoms with Crippen LogP contribution in [0.4, 0.5) is 0 Å². The van der Waals surface area contributed by atoms with E-state index in [9.17, 15) is 14.9 Å². The van der Waals surface area contributed by atoms with Gasteiger partial charge in [0.25, 0.3) is 11.5 Å². The van der Waals surface area contributed by atoms with Gasteiger partial charge in [0.1, 0.15) is 10.7 Å². The number of carbonyl (C=O) groups is 1. The molecule has 160 valence electrons. The Bertz CT molecular complexity index is 1100. The Hall–Kier alpha value is -2.25. The molecule has 2 aromatic heterocycles. The number of thiophene rings is 1. The van der Waals surface area contributed by atoms with Crippen molar-refractivity contribution in [3.8, 4) is 6.07 Å². The molecule has 0 saturated carbocycles. The molecule has 0 aliphatic carbocycles. The van der Waals surface area contributed by atoms with Gasteiger partial charge in [0, 0.05) is 43.2 Å². The van der Waals surface area contributed by atoms with Crippen molar-refractivity contribution in [1.82, 2.24) is 9.88 Å². The van der Waals surface area contributed by atoms with Crippen LogP contribution in [-0.4, -0.2) is 43.4 Å². The van der Waals surface area contributed by atoms with Crippen LogP contribution < -0.4 is 20.1 Å². The molecule has 1 atom stereocenters. The lowest BCUT2D eigenvalue weighted by molar-refractivity contribution is -0.116. The number of thiazole rings is 1. The smallest absolute Gasteiger partial charge is 0.269 e. The van der Waals surface area contributed by atoms with Crippen LogP contribution >= 0.6 is 22.7 Å². The summed E-state index contributed by atoms with van der Waals surface area (Å²) in [5.41, 5.74) is -0.244. The molecule has 0 spiro atoms. The quantitative estimate of drug-likeness (QED) is 0.612. The molecule has 1 amide bonds. The molecule has 3 heterocycles. The number of nitriles is 1. The predicted molar refractivity (Wildman–Crippen MR) is 118 cm³/mol. The third kappa shape index (κ3) is 5.46. The third-order valence-corrected chi connectivity index (χ3v) is 6.82. The van der Waals surface area contributed by atoms with E-state index < -0.39 is 5.91 Å². The molecule has 1 fully saturated rings. The average molecular weight is 448 g/mol. The molecule has 0 radical (unpaired) electrons. The van der Waals surface area contributed by atoms with E-state index in [1.165, 1.54) is 15.9 Å². The van der Waals surface area contributed by atoms with E-state index in [0.29, 0.717) is 41.9 Å². The summed E-state index contributed by atoms with van der Waals surface area (Å²) in [4.78, 5) is 27.9. The van der Waals surface area contributed by atoms with Gasteiger partial charge < -0.3 is 14.8 Å². The summed E-state index contributed by atoms with van der Waals surface area (Å²) in [6.45, 7) is 3.92. The van der Waals surface area contributed by atoms with Crippen molar-refractivity contribution >= 4 is 40.2 Å². The lowest BCUT2D eigenvalue weighted by atomic mass is 10.2. The molecule has 1 unspecified atom stereocenters. The number of hydrogen-bond donors (Lipinski definition) is 1. The van der Waals surface area contributed by atoms with Crippen LogP contribution in [0.15, 0.2) is 16.9 Å². The highest BCUT2D eigenvalue weighted by Gasteiger charge is 2.20. The van der Waals surface area contributed by atoms with Gasteiger partial charge in [-0.05, 0) is 44.4 Å². The first kappa shape index (κ1) is 22.4. The number of methoxy groups -OCH3 is 1. The number of aromatic nitrogens is 1. The van der Waals surface area contributed by atoms with Crippen molar-refractivity contribution in [2.75, 3.05) is 26.9 Å². The van der Waals surface area contributed by atoms with Gasteiger partial charge in [-0.3, -0.25) is 14.2 Å². The van der Waals surface area contributed by atoms with Gasteiger partial charge in [-0.1, -0.05) is 0 Å². The number of amides is 1. The molecular formula is C21H25N3O4S2. The van der Waals surface area contributed by atoms with E-state index >= 15 is 0 Å². The zero-order valence-corrected chi connectivity index (χ0v) is 18.7. The standard InChI is InChI=1S/C21H25N3O4S2/c1-14-6-7-16(29-14)11-18-20(26)24(8-4-9-27-2)21(30-18)17(12-22)19(25)23-13-15-5-3-10-28-15/h6-7,11,15H,3-5,8-10,13H2,1-2H3,(H,23,25)/b18-11+,21-17-. The van der Waals surface area contributed by atoms with E-state index in [2.05, 4.69) is 5.32 Å². The summed E-state index contributed by atoms with van der Waals surface area (Å²) in [6.07, 6.45) is 4.27. The van der Waals surface area contributed by atoms with E-state index in [0.717, 1.165) is 22.6 Å². The fraction of sp³-hybridized carbons (Fsp3) is 0.476. The maximum atomic E-state index is 13.0. The van der Waals surface area contributed by atoms with Crippen molar-refractivity contribution < 1.29 is 14.3 Å². The van der Waals surface area contributed by atoms with Crippen LogP contribution in [-0.2, 0) is 20.8 Å². The highest BCUT2D eigenvalue weighted by molar-refractivity contribution is 7.13. The van der Waals surface area contributed by atoms with E-state index in [1.54, 1.807) is 18.4 Å². The summed E-state index contributed by atoms with van der Waals surface area (Å²) in [5.74, 6) is -0.478. The number of nitrogens with zero attached hydrogens (tertiary/aromatic N) is 2. The molecule has 7 nitrogen and oxygen atoms in total. The van der Waals surface area contributed by atoms with Crippen molar-refractivity contribution in [2.24, 2.45) is 0 Å². The minimum absolute atomic E-state index is 0.0212. The van der Waals surface area contributed by atoms with Gasteiger partial charge in [-0.25, -0.2) is 0 Å². The molecule has 0 bridgehead atoms. The van der Waals surface area contributed by atoms with Gasteiger partial charge >= 0.3 is 0 Å². The Balaban J connectivity index is 2.01. The highest BCUT2D eigenvalue weighted by Crippen LogP contribution is 2.15. The van der Waals surface area contributed by atoms with Crippen LogP contribution in [0.5, 0.6) is 0 Å². The Morgan fingerprint density at radius 1 is 1.47 bits per heavy atom. The summed E-state index contributed by atoms with van der Waals surface area (Å²) in [5, 5.41) is 12.5. The molecule has 1 saturated heterocycles. The van der Waals surface area contributed by atoms with Crippen LogP contribution in [0.2, 0.25) is 0 Å². The van der Waals surface area contributed by atoms with Gasteiger partial charge in [0.05, 0.1) is 10.6 Å². The number of rotatable bonds is 8. The van der Waals surface area contributed by atoms with Crippen LogP contribution in [0.1, 0.15) is 29.0 Å². The Morgan fingerprint density at radius 3 is 2.93 bits per heavy atom. The minimum atomic E-state index is -0.478. The summed E-state index contributed by atoms with van der Waals surface area (Å²) >= 11 is 2.77.